The van der Waals surface area contributed by atoms with E-state index >= 15 is 0 Å². The molecule has 0 heterocycles. The summed E-state index contributed by atoms with van der Waals surface area (Å²) >= 11 is 0. The molecule has 0 radical (unpaired) electrons. The van der Waals surface area contributed by atoms with Crippen LogP contribution in [0.15, 0.2) is 66.3 Å². The molecule has 0 aliphatic heterocycles. The largest absolute Gasteiger partial charge is 0.497 e. The number of nitrogens with one attached hydrogen (secondary N) is 1. The van der Waals surface area contributed by atoms with E-state index in [1.54, 1.807) is 54.6 Å². The van der Waals surface area contributed by atoms with E-state index in [1.807, 2.05) is 0 Å². The van der Waals surface area contributed by atoms with E-state index in [0.717, 1.165) is 10.6 Å². The van der Waals surface area contributed by atoms with Crippen LogP contribution in [-0.2, 0) is 14.8 Å². The Balaban J connectivity index is 2.11. The molecule has 9 heteroatoms. The monoisotopic (exact) mass is 431 g/mol. The minimum atomic E-state index is -3.72. The number of hydrogen-bond donors (Lipinski definition) is 1. The SMILES string of the molecule is C=CCOc1cccc(/C=N\NC(=O)[C@@H](C)N(c2ccc(OC)cc2)S(C)(=O)=O)c1. The van der Waals surface area contributed by atoms with E-state index in [-0.39, 0.29) is 0 Å². The number of nitrogens with zero attached hydrogens (tertiary/aromatic N) is 2. The maximum absolute atomic E-state index is 12.5. The Labute approximate surface area is 176 Å². The van der Waals surface area contributed by atoms with E-state index in [1.165, 1.54) is 20.2 Å². The van der Waals surface area contributed by atoms with Gasteiger partial charge in [0, 0.05) is 0 Å². The van der Waals surface area contributed by atoms with Crippen LogP contribution in [0.1, 0.15) is 12.5 Å². The van der Waals surface area contributed by atoms with Gasteiger partial charge in [-0.3, -0.25) is 9.10 Å². The molecule has 2 aromatic rings. The Morgan fingerprint density at radius 3 is 2.53 bits per heavy atom. The van der Waals surface area contributed by atoms with Crippen molar-refractivity contribution in [1.82, 2.24) is 5.43 Å². The highest BCUT2D eigenvalue weighted by Gasteiger charge is 2.29. The van der Waals surface area contributed by atoms with Crippen LogP contribution in [0.4, 0.5) is 5.69 Å². The van der Waals surface area contributed by atoms with E-state index in [2.05, 4.69) is 17.1 Å². The third kappa shape index (κ3) is 6.35. The lowest BCUT2D eigenvalue weighted by molar-refractivity contribution is -0.121. The zero-order valence-corrected chi connectivity index (χ0v) is 17.9. The summed E-state index contributed by atoms with van der Waals surface area (Å²) in [5, 5.41) is 3.93. The highest BCUT2D eigenvalue weighted by Crippen LogP contribution is 2.23. The fraction of sp³-hybridized carbons (Fsp3) is 0.238. The molecule has 0 saturated heterocycles. The molecule has 0 aromatic heterocycles. The number of rotatable bonds is 10. The van der Waals surface area contributed by atoms with Crippen molar-refractivity contribution in [3.05, 3.63) is 66.7 Å². The third-order valence-corrected chi connectivity index (χ3v) is 5.27. The molecule has 2 rings (SSSR count). The van der Waals surface area contributed by atoms with Crippen molar-refractivity contribution in [2.45, 2.75) is 13.0 Å². The molecule has 30 heavy (non-hydrogen) atoms. The average Bonchev–Trinajstić information content (AvgIpc) is 2.72. The molecule has 0 bridgehead atoms. The minimum absolute atomic E-state index is 0.344. The van der Waals surface area contributed by atoms with E-state index in [4.69, 9.17) is 9.47 Å². The highest BCUT2D eigenvalue weighted by molar-refractivity contribution is 7.92. The summed E-state index contributed by atoms with van der Waals surface area (Å²) in [5.74, 6) is 0.640. The van der Waals surface area contributed by atoms with Gasteiger partial charge in [-0.25, -0.2) is 13.8 Å². The topological polar surface area (TPSA) is 97.3 Å². The Kier molecular flexibility index (Phi) is 7.99. The zero-order valence-electron chi connectivity index (χ0n) is 17.1. The lowest BCUT2D eigenvalue weighted by Crippen LogP contribution is -2.46. The second kappa shape index (κ2) is 10.4. The van der Waals surface area contributed by atoms with Gasteiger partial charge in [-0.15, -0.1) is 0 Å². The lowest BCUT2D eigenvalue weighted by Gasteiger charge is -2.27. The standard InChI is InChI=1S/C21H25N3O5S/c1-5-13-29-20-8-6-7-17(14-20)15-22-23-21(25)16(2)24(30(4,26)27)18-9-11-19(28-3)12-10-18/h5-12,14-16H,1,13H2,2-4H3,(H,23,25)/b22-15-/t16-/m1/s1. The predicted molar refractivity (Wildman–Crippen MR) is 118 cm³/mol. The van der Waals surface area contributed by atoms with Crippen molar-refractivity contribution in [2.24, 2.45) is 5.10 Å². The minimum Gasteiger partial charge on any atom is -0.497 e. The summed E-state index contributed by atoms with van der Waals surface area (Å²) in [4.78, 5) is 12.5. The molecule has 1 amide bonds. The summed E-state index contributed by atoms with van der Waals surface area (Å²) in [7, 11) is -2.21. The number of ether oxygens (including phenoxy) is 2. The lowest BCUT2D eigenvalue weighted by atomic mass is 10.2. The number of amides is 1. The van der Waals surface area contributed by atoms with Crippen LogP contribution in [-0.4, -0.2) is 46.6 Å². The van der Waals surface area contributed by atoms with Gasteiger partial charge in [0.05, 0.1) is 25.3 Å². The van der Waals surface area contributed by atoms with Crippen LogP contribution in [0.2, 0.25) is 0 Å². The molecular weight excluding hydrogens is 406 g/mol. The van der Waals surface area contributed by atoms with Crippen LogP contribution in [0.25, 0.3) is 0 Å². The van der Waals surface area contributed by atoms with Gasteiger partial charge in [0.25, 0.3) is 5.91 Å². The number of hydrogen-bond acceptors (Lipinski definition) is 6. The number of hydrazone groups is 1. The third-order valence-electron chi connectivity index (χ3n) is 4.03. The zero-order chi connectivity index (χ0) is 22.1. The number of sulfonamides is 1. The molecule has 0 spiro atoms. The van der Waals surface area contributed by atoms with Crippen molar-refractivity contribution in [3.8, 4) is 11.5 Å². The van der Waals surface area contributed by atoms with Crippen molar-refractivity contribution >= 4 is 27.8 Å². The summed E-state index contributed by atoms with van der Waals surface area (Å²) in [5.41, 5.74) is 3.43. The normalized spacial score (nSPS) is 12.2. The number of carbonyl (C=O) groups is 1. The van der Waals surface area contributed by atoms with Gasteiger partial charge < -0.3 is 9.47 Å². The van der Waals surface area contributed by atoms with E-state index in [0.29, 0.717) is 29.4 Å². The smallest absolute Gasteiger partial charge is 0.263 e. The Morgan fingerprint density at radius 1 is 1.23 bits per heavy atom. The predicted octanol–water partition coefficient (Wildman–Crippen LogP) is 2.56. The molecule has 0 unspecified atom stereocenters. The second-order valence-electron chi connectivity index (χ2n) is 6.34. The van der Waals surface area contributed by atoms with Crippen molar-refractivity contribution in [2.75, 3.05) is 24.3 Å². The van der Waals surface area contributed by atoms with Crippen LogP contribution in [0.3, 0.4) is 0 Å². The second-order valence-corrected chi connectivity index (χ2v) is 8.20. The van der Waals surface area contributed by atoms with Crippen LogP contribution < -0.4 is 19.2 Å². The van der Waals surface area contributed by atoms with E-state index < -0.39 is 22.0 Å². The van der Waals surface area contributed by atoms with Crippen LogP contribution >= 0.6 is 0 Å². The highest BCUT2D eigenvalue weighted by atomic mass is 32.2. The fourth-order valence-electron chi connectivity index (χ4n) is 2.64. The first kappa shape index (κ1) is 23.0. The van der Waals surface area contributed by atoms with Crippen LogP contribution in [0, 0.1) is 0 Å². The van der Waals surface area contributed by atoms with Gasteiger partial charge in [0.1, 0.15) is 24.1 Å². The summed E-state index contributed by atoms with van der Waals surface area (Å²) in [6.45, 7) is 5.46. The maximum atomic E-state index is 12.5. The summed E-state index contributed by atoms with van der Waals surface area (Å²) in [6.07, 6.45) is 4.13. The molecule has 0 aliphatic carbocycles. The molecule has 2 aromatic carbocycles. The average molecular weight is 432 g/mol. The van der Waals surface area contributed by atoms with Gasteiger partial charge in [0.15, 0.2) is 0 Å². The first-order valence-corrected chi connectivity index (χ1v) is 10.9. The van der Waals surface area contributed by atoms with Crippen molar-refractivity contribution in [1.29, 1.82) is 0 Å². The number of carbonyl (C=O) groups excluding carboxylic acids is 1. The van der Waals surface area contributed by atoms with Gasteiger partial charge >= 0.3 is 0 Å². The number of benzene rings is 2. The first-order valence-electron chi connectivity index (χ1n) is 9.06. The molecule has 8 nitrogen and oxygen atoms in total. The quantitative estimate of drug-likeness (QED) is 0.354. The molecule has 0 aliphatic rings. The molecule has 0 saturated carbocycles. The fourth-order valence-corrected chi connectivity index (χ4v) is 3.82. The molecule has 1 atom stereocenters. The number of methoxy groups -OCH3 is 1. The maximum Gasteiger partial charge on any atom is 0.263 e. The molecule has 160 valence electrons. The molecule has 1 N–H and O–H groups in total. The molecule has 0 fully saturated rings. The van der Waals surface area contributed by atoms with Gasteiger partial charge in [-0.1, -0.05) is 24.8 Å². The van der Waals surface area contributed by atoms with Crippen molar-refractivity contribution < 1.29 is 22.7 Å². The van der Waals surface area contributed by atoms with Gasteiger partial charge in [-0.2, -0.15) is 5.10 Å². The Bertz CT molecular complexity index is 1000. The summed E-state index contributed by atoms with van der Waals surface area (Å²) < 4.78 is 36.2. The Morgan fingerprint density at radius 2 is 1.93 bits per heavy atom. The Hall–Kier alpha value is -3.33. The first-order chi connectivity index (χ1) is 14.3. The van der Waals surface area contributed by atoms with Crippen molar-refractivity contribution in [3.63, 3.8) is 0 Å². The summed E-state index contributed by atoms with van der Waals surface area (Å²) in [6, 6.07) is 12.5. The van der Waals surface area contributed by atoms with Gasteiger partial charge in [-0.05, 0) is 48.9 Å². The van der Waals surface area contributed by atoms with Crippen LogP contribution in [0.5, 0.6) is 11.5 Å². The molecular formula is C21H25N3O5S. The number of anilines is 1. The van der Waals surface area contributed by atoms with Gasteiger partial charge in [0.2, 0.25) is 10.0 Å². The van der Waals surface area contributed by atoms with E-state index in [9.17, 15) is 13.2 Å².